The highest BCUT2D eigenvalue weighted by atomic mass is 127. The molecule has 1 aromatic carbocycles. The van der Waals surface area contributed by atoms with Crippen LogP contribution < -0.4 is 5.32 Å². The normalized spacial score (nSPS) is 18.6. The molecular weight excluding hydrogens is 375 g/mol. The number of aliphatic carboxylic acids is 1. The van der Waals surface area contributed by atoms with Crippen molar-refractivity contribution in [1.29, 1.82) is 0 Å². The first-order valence-electron chi connectivity index (χ1n) is 6.19. The van der Waals surface area contributed by atoms with Crippen LogP contribution in [-0.2, 0) is 9.53 Å². The fraction of sp³-hybridized carbons (Fsp3) is 0.385. The van der Waals surface area contributed by atoms with Gasteiger partial charge in [0, 0.05) is 22.3 Å². The van der Waals surface area contributed by atoms with Crippen LogP contribution in [0.1, 0.15) is 6.42 Å². The van der Waals surface area contributed by atoms with Crippen LogP contribution in [0.5, 0.6) is 0 Å². The van der Waals surface area contributed by atoms with Crippen LogP contribution in [0, 0.1) is 3.57 Å². The van der Waals surface area contributed by atoms with E-state index in [-0.39, 0.29) is 12.5 Å². The minimum Gasteiger partial charge on any atom is -0.481 e. The molecular formula is C13H15IN2O4. The lowest BCUT2D eigenvalue weighted by molar-refractivity contribution is -0.141. The molecule has 1 fully saturated rings. The number of nitrogens with one attached hydrogen (secondary N) is 1. The topological polar surface area (TPSA) is 78.9 Å². The molecule has 6 nitrogen and oxygen atoms in total. The molecule has 1 aliphatic rings. The van der Waals surface area contributed by atoms with Crippen molar-refractivity contribution in [2.45, 2.75) is 12.5 Å². The minimum atomic E-state index is -0.921. The summed E-state index contributed by atoms with van der Waals surface area (Å²) in [5, 5.41) is 11.5. The number of amides is 2. The third kappa shape index (κ3) is 4.34. The van der Waals surface area contributed by atoms with Crippen LogP contribution in [0.25, 0.3) is 0 Å². The Kier molecular flexibility index (Phi) is 5.18. The zero-order valence-corrected chi connectivity index (χ0v) is 12.9. The number of rotatable bonds is 3. The van der Waals surface area contributed by atoms with Crippen molar-refractivity contribution < 1.29 is 19.4 Å². The average molecular weight is 390 g/mol. The zero-order valence-electron chi connectivity index (χ0n) is 10.7. The Morgan fingerprint density at radius 3 is 2.75 bits per heavy atom. The van der Waals surface area contributed by atoms with Gasteiger partial charge >= 0.3 is 12.0 Å². The summed E-state index contributed by atoms with van der Waals surface area (Å²) in [4.78, 5) is 24.3. The third-order valence-corrected chi connectivity index (χ3v) is 3.64. The number of nitrogens with zero attached hydrogens (tertiary/aromatic N) is 1. The molecule has 2 amide bonds. The van der Waals surface area contributed by atoms with E-state index in [1.165, 1.54) is 0 Å². The standard InChI is InChI=1S/C13H15IN2O4/c14-9-1-3-10(4-2-9)15-13(19)16-5-6-20-11(8-16)7-12(17)18/h1-4,11H,5-8H2,(H,15,19)(H,17,18). The Hall–Kier alpha value is -1.35. The molecule has 1 aromatic rings. The molecule has 1 saturated heterocycles. The van der Waals surface area contributed by atoms with Crippen molar-refractivity contribution in [2.24, 2.45) is 0 Å². The Morgan fingerprint density at radius 1 is 1.40 bits per heavy atom. The predicted molar refractivity (Wildman–Crippen MR) is 81.7 cm³/mol. The summed E-state index contributed by atoms with van der Waals surface area (Å²) in [5.41, 5.74) is 0.719. The summed E-state index contributed by atoms with van der Waals surface area (Å²) in [6.07, 6.45) is -0.531. The average Bonchev–Trinajstić information content (AvgIpc) is 2.41. The first-order valence-corrected chi connectivity index (χ1v) is 7.27. The van der Waals surface area contributed by atoms with Gasteiger partial charge in [0.1, 0.15) is 0 Å². The second kappa shape index (κ2) is 6.89. The highest BCUT2D eigenvalue weighted by Gasteiger charge is 2.25. The van der Waals surface area contributed by atoms with Crippen molar-refractivity contribution in [3.8, 4) is 0 Å². The molecule has 108 valence electrons. The van der Waals surface area contributed by atoms with E-state index in [1.807, 2.05) is 24.3 Å². The van der Waals surface area contributed by atoms with Crippen LogP contribution in [0.15, 0.2) is 24.3 Å². The molecule has 2 rings (SSSR count). The molecule has 1 atom stereocenters. The van der Waals surface area contributed by atoms with Crippen molar-refractivity contribution in [3.63, 3.8) is 0 Å². The van der Waals surface area contributed by atoms with Gasteiger partial charge in [-0.2, -0.15) is 0 Å². The van der Waals surface area contributed by atoms with Crippen molar-refractivity contribution in [3.05, 3.63) is 27.8 Å². The summed E-state index contributed by atoms with van der Waals surface area (Å²) in [7, 11) is 0. The summed E-state index contributed by atoms with van der Waals surface area (Å²) in [6, 6.07) is 7.24. The molecule has 1 unspecified atom stereocenters. The lowest BCUT2D eigenvalue weighted by Crippen LogP contribution is -2.47. The molecule has 0 saturated carbocycles. The number of hydrogen-bond donors (Lipinski definition) is 2. The van der Waals surface area contributed by atoms with E-state index < -0.39 is 12.1 Å². The molecule has 0 bridgehead atoms. The monoisotopic (exact) mass is 390 g/mol. The quantitative estimate of drug-likeness (QED) is 0.774. The van der Waals surface area contributed by atoms with Crippen molar-refractivity contribution in [1.82, 2.24) is 4.90 Å². The highest BCUT2D eigenvalue weighted by Crippen LogP contribution is 2.14. The smallest absolute Gasteiger partial charge is 0.322 e. The largest absolute Gasteiger partial charge is 0.481 e. The summed E-state index contributed by atoms with van der Waals surface area (Å²) in [6.45, 7) is 1.12. The van der Waals surface area contributed by atoms with Crippen molar-refractivity contribution >= 4 is 40.3 Å². The summed E-state index contributed by atoms with van der Waals surface area (Å²) >= 11 is 2.19. The van der Waals surface area contributed by atoms with Gasteiger partial charge in [0.25, 0.3) is 0 Å². The molecule has 2 N–H and O–H groups in total. The van der Waals surface area contributed by atoms with E-state index in [0.29, 0.717) is 19.7 Å². The van der Waals surface area contributed by atoms with Gasteiger partial charge in [0.15, 0.2) is 0 Å². The molecule has 0 radical (unpaired) electrons. The Bertz CT molecular complexity index is 492. The fourth-order valence-electron chi connectivity index (χ4n) is 1.96. The van der Waals surface area contributed by atoms with Gasteiger partial charge in [-0.1, -0.05) is 0 Å². The van der Waals surface area contributed by atoms with E-state index in [9.17, 15) is 9.59 Å². The lowest BCUT2D eigenvalue weighted by atomic mass is 10.2. The van der Waals surface area contributed by atoms with Gasteiger partial charge in [-0.3, -0.25) is 4.79 Å². The predicted octanol–water partition coefficient (Wildman–Crippen LogP) is 2.00. The number of carboxylic acid groups (broad SMARTS) is 1. The molecule has 1 aliphatic heterocycles. The number of morpholine rings is 1. The second-order valence-electron chi connectivity index (χ2n) is 4.47. The Morgan fingerprint density at radius 2 is 2.10 bits per heavy atom. The number of halogens is 1. The Balaban J connectivity index is 1.91. The first-order chi connectivity index (χ1) is 9.54. The summed E-state index contributed by atoms with van der Waals surface area (Å²) < 4.78 is 6.42. The lowest BCUT2D eigenvalue weighted by Gasteiger charge is -2.32. The molecule has 20 heavy (non-hydrogen) atoms. The van der Waals surface area contributed by atoms with Gasteiger partial charge < -0.3 is 20.1 Å². The maximum atomic E-state index is 12.1. The van der Waals surface area contributed by atoms with Gasteiger partial charge in [0.2, 0.25) is 0 Å². The third-order valence-electron chi connectivity index (χ3n) is 2.92. The highest BCUT2D eigenvalue weighted by molar-refractivity contribution is 14.1. The molecule has 1 heterocycles. The van der Waals surface area contributed by atoms with E-state index in [0.717, 1.165) is 9.26 Å². The van der Waals surface area contributed by atoms with Crippen LogP contribution in [-0.4, -0.2) is 47.8 Å². The molecule has 0 aliphatic carbocycles. The Labute approximate surface area is 130 Å². The zero-order chi connectivity index (χ0) is 14.5. The summed E-state index contributed by atoms with van der Waals surface area (Å²) in [5.74, 6) is -0.921. The first kappa shape index (κ1) is 15.0. The van der Waals surface area contributed by atoms with Crippen LogP contribution in [0.2, 0.25) is 0 Å². The van der Waals surface area contributed by atoms with Gasteiger partial charge in [0.05, 0.1) is 19.1 Å². The molecule has 0 aromatic heterocycles. The van der Waals surface area contributed by atoms with E-state index >= 15 is 0 Å². The SMILES string of the molecule is O=C(O)CC1CN(C(=O)Nc2ccc(I)cc2)CCO1. The van der Waals surface area contributed by atoms with Crippen LogP contribution in [0.3, 0.4) is 0 Å². The number of carbonyl (C=O) groups excluding carboxylic acids is 1. The number of carboxylic acids is 1. The number of urea groups is 1. The van der Waals surface area contributed by atoms with E-state index in [2.05, 4.69) is 27.9 Å². The minimum absolute atomic E-state index is 0.0900. The van der Waals surface area contributed by atoms with Gasteiger partial charge in [-0.25, -0.2) is 4.79 Å². The van der Waals surface area contributed by atoms with E-state index in [4.69, 9.17) is 9.84 Å². The van der Waals surface area contributed by atoms with Crippen LogP contribution in [0.4, 0.5) is 10.5 Å². The second-order valence-corrected chi connectivity index (χ2v) is 5.72. The van der Waals surface area contributed by atoms with Gasteiger partial charge in [-0.05, 0) is 46.9 Å². The number of carbonyl (C=O) groups is 2. The molecule has 7 heteroatoms. The number of hydrogen-bond acceptors (Lipinski definition) is 3. The number of anilines is 1. The van der Waals surface area contributed by atoms with Gasteiger partial charge in [-0.15, -0.1) is 0 Å². The fourth-order valence-corrected chi connectivity index (χ4v) is 2.32. The van der Waals surface area contributed by atoms with E-state index in [1.54, 1.807) is 4.90 Å². The van der Waals surface area contributed by atoms with Crippen LogP contribution >= 0.6 is 22.6 Å². The van der Waals surface area contributed by atoms with Crippen molar-refractivity contribution in [2.75, 3.05) is 25.0 Å². The maximum absolute atomic E-state index is 12.1. The molecule has 0 spiro atoms. The number of benzene rings is 1. The number of ether oxygens (including phenoxy) is 1. The maximum Gasteiger partial charge on any atom is 0.322 e.